The van der Waals surface area contributed by atoms with Crippen molar-refractivity contribution in [2.24, 2.45) is 44.8 Å². The van der Waals surface area contributed by atoms with E-state index in [0.717, 1.165) is 38.5 Å². The molecule has 47 heavy (non-hydrogen) atoms. The van der Waals surface area contributed by atoms with Gasteiger partial charge in [0, 0.05) is 18.3 Å². The van der Waals surface area contributed by atoms with E-state index in [1.807, 2.05) is 13.8 Å². The summed E-state index contributed by atoms with van der Waals surface area (Å²) in [5.41, 5.74) is -0.534. The number of carbonyl (C=O) groups is 2. The van der Waals surface area contributed by atoms with Gasteiger partial charge in [0.05, 0.1) is 18.3 Å². The highest BCUT2D eigenvalue weighted by molar-refractivity contribution is 5.91. The number of ketones is 1. The molecule has 0 aromatic rings. The molecule has 6 fully saturated rings. The highest BCUT2D eigenvalue weighted by Crippen LogP contribution is 2.87. The Bertz CT molecular complexity index is 1360. The lowest BCUT2D eigenvalue weighted by Gasteiger charge is -2.60. The van der Waals surface area contributed by atoms with E-state index in [0.29, 0.717) is 12.3 Å². The number of allylic oxidation sites excluding steroid dienone is 1. The van der Waals surface area contributed by atoms with Crippen LogP contribution in [0.15, 0.2) is 11.6 Å². The second kappa shape index (κ2) is 10.6. The molecule has 7 rings (SSSR count). The zero-order chi connectivity index (χ0) is 34.3. The minimum absolute atomic E-state index is 0.0499. The van der Waals surface area contributed by atoms with Gasteiger partial charge in [-0.05, 0) is 92.3 Å². The molecule has 5 aliphatic carbocycles. The number of epoxide rings is 1. The van der Waals surface area contributed by atoms with Crippen molar-refractivity contribution < 1.29 is 49.0 Å². The van der Waals surface area contributed by atoms with Crippen molar-refractivity contribution in [2.45, 2.75) is 155 Å². The maximum absolute atomic E-state index is 14.2. The lowest BCUT2D eigenvalue weighted by molar-refractivity contribution is -0.300. The van der Waals surface area contributed by atoms with Crippen LogP contribution in [0.1, 0.15) is 100 Å². The van der Waals surface area contributed by atoms with Gasteiger partial charge in [-0.1, -0.05) is 46.3 Å². The summed E-state index contributed by atoms with van der Waals surface area (Å²) in [7, 11) is 0. The third-order valence-corrected chi connectivity index (χ3v) is 15.0. The normalized spacial score (nSPS) is 51.8. The van der Waals surface area contributed by atoms with Crippen LogP contribution in [0.3, 0.4) is 0 Å². The molecule has 10 nitrogen and oxygen atoms in total. The first kappa shape index (κ1) is 34.1. The van der Waals surface area contributed by atoms with E-state index in [-0.39, 0.29) is 64.2 Å². The lowest BCUT2D eigenvalue weighted by atomic mass is 9.44. The number of hydrogen-bond donors (Lipinski definition) is 4. The number of rotatable bonds is 7. The van der Waals surface area contributed by atoms with Crippen LogP contribution >= 0.6 is 0 Å². The molecule has 2 spiro atoms. The van der Waals surface area contributed by atoms with Gasteiger partial charge >= 0.3 is 5.97 Å². The molecule has 0 unspecified atom stereocenters. The van der Waals surface area contributed by atoms with Crippen LogP contribution in [0, 0.1) is 44.8 Å². The van der Waals surface area contributed by atoms with Gasteiger partial charge in [-0.25, -0.2) is 0 Å². The summed E-state index contributed by atoms with van der Waals surface area (Å²) < 4.78 is 23.7. The molecule has 2 saturated heterocycles. The van der Waals surface area contributed by atoms with E-state index in [1.165, 1.54) is 12.5 Å². The van der Waals surface area contributed by atoms with Crippen molar-refractivity contribution in [3.8, 4) is 0 Å². The van der Waals surface area contributed by atoms with Crippen molar-refractivity contribution in [3.05, 3.63) is 11.6 Å². The van der Waals surface area contributed by atoms with Gasteiger partial charge in [0.25, 0.3) is 0 Å². The van der Waals surface area contributed by atoms with E-state index in [1.54, 1.807) is 0 Å². The molecular weight excluding hydrogens is 604 g/mol. The average Bonchev–Trinajstić information content (AvgIpc) is 3.84. The van der Waals surface area contributed by atoms with Crippen LogP contribution in [0.2, 0.25) is 0 Å². The Morgan fingerprint density at radius 1 is 1.04 bits per heavy atom. The van der Waals surface area contributed by atoms with Gasteiger partial charge in [0.2, 0.25) is 0 Å². The Hall–Kier alpha value is -1.40. The maximum Gasteiger partial charge on any atom is 0.302 e. The second-order valence-corrected chi connectivity index (χ2v) is 18.0. The zero-order valence-corrected chi connectivity index (χ0v) is 29.3. The van der Waals surface area contributed by atoms with E-state index in [9.17, 15) is 30.0 Å². The molecule has 0 radical (unpaired) electrons. The topological polar surface area (TPSA) is 155 Å². The Morgan fingerprint density at radius 2 is 1.72 bits per heavy atom. The largest absolute Gasteiger partial charge is 0.460 e. The quantitative estimate of drug-likeness (QED) is 0.181. The first-order chi connectivity index (χ1) is 21.8. The van der Waals surface area contributed by atoms with Crippen LogP contribution in [0.4, 0.5) is 0 Å². The van der Waals surface area contributed by atoms with Crippen LogP contribution in [0.25, 0.3) is 0 Å². The number of Topliss-reactive ketones (excluding diaryl/α,β-unsaturated/α-hetero) is 1. The van der Waals surface area contributed by atoms with E-state index in [2.05, 4.69) is 40.7 Å². The molecule has 0 amide bonds. The van der Waals surface area contributed by atoms with Gasteiger partial charge in [0.15, 0.2) is 12.1 Å². The standard InChI is InChI=1S/C37H56O10/c1-18(15-21(45-19(2)38)30-33(5,6)47-30)25-27(41)29(43)35(8)23-10-9-22-32(3,4)24(46-31-28(42)26(40)20(39)16-44-31)11-12-36(22)17-37(23,36)14-13-34(25,35)7/h10,18,20-22,24-26,28-31,39-40,42-43H,9,11-17H2,1-8H3/t18-,20-,21-,22+,24+,25+,26+,28-,29+,30+,31+,34-,35-,36-,37+/m1/s1. The molecule has 7 aliphatic rings. The minimum atomic E-state index is -1.32. The van der Waals surface area contributed by atoms with Crippen molar-refractivity contribution in [1.82, 2.24) is 0 Å². The van der Waals surface area contributed by atoms with Crippen LogP contribution in [0.5, 0.6) is 0 Å². The fourth-order valence-corrected chi connectivity index (χ4v) is 12.4. The van der Waals surface area contributed by atoms with Crippen molar-refractivity contribution in [1.29, 1.82) is 0 Å². The summed E-state index contributed by atoms with van der Waals surface area (Å²) >= 11 is 0. The fourth-order valence-electron chi connectivity index (χ4n) is 12.4. The number of ether oxygens (including phenoxy) is 4. The third kappa shape index (κ3) is 4.47. The summed E-state index contributed by atoms with van der Waals surface area (Å²) in [4.78, 5) is 26.3. The molecule has 0 bridgehead atoms. The van der Waals surface area contributed by atoms with Gasteiger partial charge < -0.3 is 39.4 Å². The summed E-state index contributed by atoms with van der Waals surface area (Å²) in [5.74, 6) is -0.632. The predicted molar refractivity (Wildman–Crippen MR) is 170 cm³/mol. The first-order valence-electron chi connectivity index (χ1n) is 17.9. The Labute approximate surface area is 278 Å². The number of carbonyl (C=O) groups excluding carboxylic acids is 2. The number of aliphatic hydroxyl groups excluding tert-OH is 4. The lowest BCUT2D eigenvalue weighted by Crippen LogP contribution is -2.58. The van der Waals surface area contributed by atoms with Crippen molar-refractivity contribution >= 4 is 11.8 Å². The maximum atomic E-state index is 14.2. The first-order valence-corrected chi connectivity index (χ1v) is 17.9. The molecule has 15 atom stereocenters. The molecular formula is C37H56O10. The monoisotopic (exact) mass is 660 g/mol. The summed E-state index contributed by atoms with van der Waals surface area (Å²) in [5, 5.41) is 42.7. The highest BCUT2D eigenvalue weighted by Gasteiger charge is 2.82. The van der Waals surface area contributed by atoms with Crippen LogP contribution in [-0.2, 0) is 28.5 Å². The molecule has 0 aromatic heterocycles. The minimum Gasteiger partial charge on any atom is -0.460 e. The number of esters is 1. The Kier molecular flexibility index (Phi) is 7.65. The summed E-state index contributed by atoms with van der Waals surface area (Å²) in [6.07, 6.45) is 1.49. The molecule has 2 aliphatic heterocycles. The van der Waals surface area contributed by atoms with E-state index < -0.39 is 47.6 Å². The number of aliphatic hydroxyl groups is 4. The van der Waals surface area contributed by atoms with Gasteiger partial charge in [-0.2, -0.15) is 0 Å². The third-order valence-electron chi connectivity index (χ3n) is 15.0. The summed E-state index contributed by atoms with van der Waals surface area (Å²) in [6, 6.07) is 0. The highest BCUT2D eigenvalue weighted by atomic mass is 16.7. The summed E-state index contributed by atoms with van der Waals surface area (Å²) in [6.45, 7) is 16.2. The Balaban J connectivity index is 1.15. The average molecular weight is 661 g/mol. The smallest absolute Gasteiger partial charge is 0.302 e. The van der Waals surface area contributed by atoms with E-state index >= 15 is 0 Å². The van der Waals surface area contributed by atoms with Crippen LogP contribution in [-0.4, -0.2) is 93.4 Å². The molecule has 0 aromatic carbocycles. The predicted octanol–water partition coefficient (Wildman–Crippen LogP) is 3.45. The number of hydrogen-bond acceptors (Lipinski definition) is 10. The second-order valence-electron chi connectivity index (χ2n) is 18.0. The SMILES string of the molecule is CC(=O)O[C@H](C[C@@H](C)[C@H]1C(=O)[C@H](O)[C@@]2(C)C3=CC[C@H]4C(C)(C)[C@@H](O[C@@H]5OC[C@@H](O)[C@H](O)[C@H]5O)CC[C@@]45C[C@@]35CC[C@]12C)[C@@H]1OC1(C)C. The van der Waals surface area contributed by atoms with Gasteiger partial charge in [-0.15, -0.1) is 0 Å². The van der Waals surface area contributed by atoms with Crippen molar-refractivity contribution in [3.63, 3.8) is 0 Å². The molecule has 264 valence electrons. The van der Waals surface area contributed by atoms with Gasteiger partial charge in [-0.3, -0.25) is 9.59 Å². The van der Waals surface area contributed by atoms with E-state index in [4.69, 9.17) is 18.9 Å². The molecule has 4 saturated carbocycles. The zero-order valence-electron chi connectivity index (χ0n) is 29.3. The molecule has 10 heteroatoms. The number of fused-ring (bicyclic) bond motifs is 2. The fraction of sp³-hybridized carbons (Fsp3) is 0.892. The van der Waals surface area contributed by atoms with Crippen molar-refractivity contribution in [2.75, 3.05) is 6.61 Å². The Morgan fingerprint density at radius 3 is 2.36 bits per heavy atom. The molecule has 2 heterocycles. The van der Waals surface area contributed by atoms with Gasteiger partial charge in [0.1, 0.15) is 36.6 Å². The molecule has 4 N–H and O–H groups in total. The van der Waals surface area contributed by atoms with Crippen LogP contribution < -0.4 is 0 Å².